The van der Waals surface area contributed by atoms with Crippen LogP contribution in [0.15, 0.2) is 85.3 Å². The van der Waals surface area contributed by atoms with Crippen molar-refractivity contribution in [2.75, 3.05) is 23.7 Å². The topological polar surface area (TPSA) is 101 Å². The van der Waals surface area contributed by atoms with E-state index >= 15 is 0 Å². The van der Waals surface area contributed by atoms with E-state index in [9.17, 15) is 14.4 Å². The summed E-state index contributed by atoms with van der Waals surface area (Å²) in [6, 6.07) is 20.5. The van der Waals surface area contributed by atoms with Crippen LogP contribution < -0.4 is 10.6 Å². The molecule has 4 aromatic rings. The van der Waals surface area contributed by atoms with E-state index in [1.54, 1.807) is 40.0 Å². The van der Waals surface area contributed by atoms with Crippen LogP contribution in [0.25, 0.3) is 11.5 Å². The summed E-state index contributed by atoms with van der Waals surface area (Å²) in [5.41, 5.74) is 2.64. The first kappa shape index (κ1) is 24.1. The summed E-state index contributed by atoms with van der Waals surface area (Å²) in [6.45, 7) is 2.35. The second-order valence-corrected chi connectivity index (χ2v) is 9.06. The van der Waals surface area contributed by atoms with Gasteiger partial charge in [0.05, 0.1) is 17.8 Å². The molecule has 1 fully saturated rings. The summed E-state index contributed by atoms with van der Waals surface area (Å²) < 4.78 is 3.64. The highest BCUT2D eigenvalue weighted by Gasteiger charge is 2.31. The van der Waals surface area contributed by atoms with Gasteiger partial charge in [-0.25, -0.2) is 4.68 Å². The number of piperidine rings is 1. The molecular formula is C28H28N6O3. The minimum Gasteiger partial charge on any atom is -0.338 e. The van der Waals surface area contributed by atoms with E-state index in [4.69, 9.17) is 0 Å². The van der Waals surface area contributed by atoms with Gasteiger partial charge in [0.25, 0.3) is 5.91 Å². The van der Waals surface area contributed by atoms with Gasteiger partial charge in [0, 0.05) is 43.8 Å². The highest BCUT2D eigenvalue weighted by molar-refractivity contribution is 5.98. The van der Waals surface area contributed by atoms with Crippen molar-refractivity contribution in [2.24, 2.45) is 5.92 Å². The molecule has 188 valence electrons. The number of carbonyl (C=O) groups excluding carboxylic acids is 3. The van der Waals surface area contributed by atoms with Crippen LogP contribution >= 0.6 is 0 Å². The third-order valence-corrected chi connectivity index (χ3v) is 6.38. The Morgan fingerprint density at radius 1 is 0.892 bits per heavy atom. The van der Waals surface area contributed by atoms with Crippen molar-refractivity contribution in [2.45, 2.75) is 19.8 Å². The van der Waals surface area contributed by atoms with E-state index in [0.29, 0.717) is 42.3 Å². The lowest BCUT2D eigenvalue weighted by Gasteiger charge is -2.32. The van der Waals surface area contributed by atoms with E-state index in [0.717, 1.165) is 12.1 Å². The first-order chi connectivity index (χ1) is 18.0. The Kier molecular flexibility index (Phi) is 6.85. The van der Waals surface area contributed by atoms with Crippen molar-refractivity contribution in [3.63, 3.8) is 0 Å². The van der Waals surface area contributed by atoms with Gasteiger partial charge < -0.3 is 20.1 Å². The van der Waals surface area contributed by atoms with Gasteiger partial charge in [-0.1, -0.05) is 18.2 Å². The molecule has 1 aliphatic heterocycles. The smallest absolute Gasteiger partial charge is 0.259 e. The number of hydrogen-bond acceptors (Lipinski definition) is 4. The standard InChI is InChI=1S/C28H28N6O3/c1-20(35)30-22-11-13-23(14-12-22)31-26(36)21-8-7-17-33(19-21)28(37)25-18-29-34(24-9-3-2-4-10-24)27(25)32-15-5-6-16-32/h2-6,9-16,18,21H,7-8,17,19H2,1H3,(H,30,35)(H,31,36). The molecule has 3 amide bonds. The molecule has 1 saturated heterocycles. The Balaban J connectivity index is 1.33. The molecule has 2 aromatic carbocycles. The van der Waals surface area contributed by atoms with E-state index in [1.807, 2.05) is 59.4 Å². The minimum absolute atomic E-state index is 0.129. The first-order valence-corrected chi connectivity index (χ1v) is 12.2. The zero-order chi connectivity index (χ0) is 25.8. The van der Waals surface area contributed by atoms with Crippen LogP contribution in [-0.4, -0.2) is 50.1 Å². The fourth-order valence-electron chi connectivity index (χ4n) is 4.61. The number of amides is 3. The summed E-state index contributed by atoms with van der Waals surface area (Å²) >= 11 is 0. The van der Waals surface area contributed by atoms with E-state index < -0.39 is 0 Å². The van der Waals surface area contributed by atoms with Crippen molar-refractivity contribution in [3.8, 4) is 11.5 Å². The maximum absolute atomic E-state index is 13.7. The molecule has 5 rings (SSSR count). The fraction of sp³-hybridized carbons (Fsp3) is 0.214. The summed E-state index contributed by atoms with van der Waals surface area (Å²) in [6.07, 6.45) is 6.81. The van der Waals surface area contributed by atoms with Gasteiger partial charge in [-0.2, -0.15) is 5.10 Å². The van der Waals surface area contributed by atoms with Crippen molar-refractivity contribution < 1.29 is 14.4 Å². The summed E-state index contributed by atoms with van der Waals surface area (Å²) in [5.74, 6) is -0.102. The molecule has 37 heavy (non-hydrogen) atoms. The number of rotatable bonds is 6. The third kappa shape index (κ3) is 5.30. The SMILES string of the molecule is CC(=O)Nc1ccc(NC(=O)C2CCCN(C(=O)c3cnn(-c4ccccc4)c3-n3cccc3)C2)cc1. The molecule has 0 aliphatic carbocycles. The van der Waals surface area contributed by atoms with Crippen molar-refractivity contribution in [1.82, 2.24) is 19.2 Å². The first-order valence-electron chi connectivity index (χ1n) is 12.2. The second-order valence-electron chi connectivity index (χ2n) is 9.06. The molecule has 9 nitrogen and oxygen atoms in total. The quantitative estimate of drug-likeness (QED) is 0.419. The number of nitrogens with zero attached hydrogens (tertiary/aromatic N) is 4. The number of hydrogen-bond donors (Lipinski definition) is 2. The van der Waals surface area contributed by atoms with Crippen LogP contribution in [0.5, 0.6) is 0 Å². The summed E-state index contributed by atoms with van der Waals surface area (Å²) in [5, 5.41) is 10.2. The van der Waals surface area contributed by atoms with Crippen LogP contribution in [0.4, 0.5) is 11.4 Å². The highest BCUT2D eigenvalue weighted by atomic mass is 16.2. The molecule has 1 aliphatic rings. The molecule has 0 bridgehead atoms. The largest absolute Gasteiger partial charge is 0.338 e. The van der Waals surface area contributed by atoms with Crippen molar-refractivity contribution >= 4 is 29.1 Å². The Hall–Kier alpha value is -4.66. The van der Waals surface area contributed by atoms with Gasteiger partial charge in [-0.15, -0.1) is 0 Å². The number of aromatic nitrogens is 3. The molecule has 2 aromatic heterocycles. The van der Waals surface area contributed by atoms with E-state index in [2.05, 4.69) is 15.7 Å². The number of carbonyl (C=O) groups is 3. The molecule has 0 saturated carbocycles. The maximum Gasteiger partial charge on any atom is 0.259 e. The molecule has 0 radical (unpaired) electrons. The fourth-order valence-corrected chi connectivity index (χ4v) is 4.61. The van der Waals surface area contributed by atoms with Crippen LogP contribution in [0, 0.1) is 5.92 Å². The van der Waals surface area contributed by atoms with E-state index in [-0.39, 0.29) is 23.6 Å². The average Bonchev–Trinajstić information content (AvgIpc) is 3.60. The number of nitrogens with one attached hydrogen (secondary N) is 2. The molecule has 3 heterocycles. The predicted molar refractivity (Wildman–Crippen MR) is 141 cm³/mol. The Bertz CT molecular complexity index is 1390. The van der Waals surface area contributed by atoms with Gasteiger partial charge in [0.15, 0.2) is 5.82 Å². The lowest BCUT2D eigenvalue weighted by atomic mass is 9.96. The number of para-hydroxylation sites is 1. The molecular weight excluding hydrogens is 468 g/mol. The maximum atomic E-state index is 13.7. The van der Waals surface area contributed by atoms with Gasteiger partial charge >= 0.3 is 0 Å². The lowest BCUT2D eigenvalue weighted by Crippen LogP contribution is -2.44. The monoisotopic (exact) mass is 496 g/mol. The normalized spacial score (nSPS) is 15.3. The molecule has 0 spiro atoms. The van der Waals surface area contributed by atoms with Gasteiger partial charge in [0.2, 0.25) is 11.8 Å². The van der Waals surface area contributed by atoms with Gasteiger partial charge in [0.1, 0.15) is 5.56 Å². The zero-order valence-corrected chi connectivity index (χ0v) is 20.5. The van der Waals surface area contributed by atoms with Crippen LogP contribution in [-0.2, 0) is 9.59 Å². The molecule has 1 atom stereocenters. The van der Waals surface area contributed by atoms with Crippen LogP contribution in [0.1, 0.15) is 30.1 Å². The summed E-state index contributed by atoms with van der Waals surface area (Å²) in [7, 11) is 0. The molecule has 1 unspecified atom stereocenters. The third-order valence-electron chi connectivity index (χ3n) is 6.38. The Labute approximate surface area is 214 Å². The van der Waals surface area contributed by atoms with Crippen LogP contribution in [0.2, 0.25) is 0 Å². The Morgan fingerprint density at radius 2 is 1.57 bits per heavy atom. The number of likely N-dealkylation sites (tertiary alicyclic amines) is 1. The van der Waals surface area contributed by atoms with Crippen molar-refractivity contribution in [1.29, 1.82) is 0 Å². The molecule has 9 heteroatoms. The number of benzene rings is 2. The van der Waals surface area contributed by atoms with Gasteiger partial charge in [-0.3, -0.25) is 14.4 Å². The van der Waals surface area contributed by atoms with Gasteiger partial charge in [-0.05, 0) is 61.4 Å². The predicted octanol–water partition coefficient (Wildman–Crippen LogP) is 4.11. The highest BCUT2D eigenvalue weighted by Crippen LogP contribution is 2.25. The average molecular weight is 497 g/mol. The number of anilines is 2. The second kappa shape index (κ2) is 10.5. The zero-order valence-electron chi connectivity index (χ0n) is 20.5. The summed E-state index contributed by atoms with van der Waals surface area (Å²) in [4.78, 5) is 39.7. The van der Waals surface area contributed by atoms with Crippen molar-refractivity contribution in [3.05, 3.63) is 90.9 Å². The Morgan fingerprint density at radius 3 is 2.24 bits per heavy atom. The van der Waals surface area contributed by atoms with Crippen LogP contribution in [0.3, 0.4) is 0 Å². The minimum atomic E-state index is -0.327. The van der Waals surface area contributed by atoms with E-state index in [1.165, 1.54) is 6.92 Å². The lowest BCUT2D eigenvalue weighted by molar-refractivity contribution is -0.121. The molecule has 2 N–H and O–H groups in total.